The normalized spacial score (nSPS) is 10.8. The van der Waals surface area contributed by atoms with Crippen molar-refractivity contribution in [1.29, 1.82) is 0 Å². The first-order valence-corrected chi connectivity index (χ1v) is 9.69. The maximum atomic E-state index is 13.0. The molecule has 7 nitrogen and oxygen atoms in total. The Morgan fingerprint density at radius 1 is 0.903 bits per heavy atom. The Balaban J connectivity index is 1.53. The zero-order chi connectivity index (χ0) is 21.2. The van der Waals surface area contributed by atoms with Crippen molar-refractivity contribution in [3.8, 4) is 22.6 Å². The molecule has 2 N–H and O–H groups in total. The van der Waals surface area contributed by atoms with Gasteiger partial charge in [0.1, 0.15) is 22.7 Å². The summed E-state index contributed by atoms with van der Waals surface area (Å²) in [6, 6.07) is 23.7. The van der Waals surface area contributed by atoms with E-state index in [4.69, 9.17) is 0 Å². The Morgan fingerprint density at radius 2 is 1.71 bits per heavy atom. The molecule has 0 spiro atoms. The van der Waals surface area contributed by atoms with Gasteiger partial charge in [0.2, 0.25) is 0 Å². The van der Waals surface area contributed by atoms with Crippen molar-refractivity contribution in [3.05, 3.63) is 107 Å². The fourth-order valence-electron chi connectivity index (χ4n) is 3.41. The average Bonchev–Trinajstić information content (AvgIpc) is 3.18. The number of hydrogen-bond acceptors (Lipinski definition) is 4. The Morgan fingerprint density at radius 3 is 2.48 bits per heavy atom. The lowest BCUT2D eigenvalue weighted by Gasteiger charge is -2.08. The molecule has 1 amide bonds. The molecule has 5 rings (SSSR count). The highest BCUT2D eigenvalue weighted by Crippen LogP contribution is 2.27. The molecular formula is C24H17N5O2. The Hall–Kier alpha value is -4.52. The van der Waals surface area contributed by atoms with E-state index in [0.29, 0.717) is 28.5 Å². The summed E-state index contributed by atoms with van der Waals surface area (Å²) in [5.41, 5.74) is 2.86. The fraction of sp³-hybridized carbons (Fsp3) is 0. The Kier molecular flexibility index (Phi) is 4.61. The third-order valence-corrected chi connectivity index (χ3v) is 4.91. The molecule has 0 atom stereocenters. The number of aromatic nitrogens is 4. The van der Waals surface area contributed by atoms with Crippen LogP contribution in [-0.4, -0.2) is 25.3 Å². The van der Waals surface area contributed by atoms with E-state index in [1.807, 2.05) is 66.7 Å². The van der Waals surface area contributed by atoms with Gasteiger partial charge >= 0.3 is 0 Å². The second-order valence-electron chi connectivity index (χ2n) is 6.89. The van der Waals surface area contributed by atoms with Crippen LogP contribution in [0.5, 0.6) is 0 Å². The minimum Gasteiger partial charge on any atom is -0.321 e. The first kappa shape index (κ1) is 18.5. The fourth-order valence-corrected chi connectivity index (χ4v) is 3.41. The second-order valence-corrected chi connectivity index (χ2v) is 6.89. The summed E-state index contributed by atoms with van der Waals surface area (Å²) in [5, 5.41) is 2.85. The summed E-state index contributed by atoms with van der Waals surface area (Å²) < 4.78 is 1.76. The van der Waals surface area contributed by atoms with Gasteiger partial charge in [0, 0.05) is 18.1 Å². The molecule has 0 bridgehead atoms. The lowest BCUT2D eigenvalue weighted by Crippen LogP contribution is -2.24. The van der Waals surface area contributed by atoms with Crippen molar-refractivity contribution in [2.75, 3.05) is 5.32 Å². The van der Waals surface area contributed by atoms with Crippen molar-refractivity contribution in [2.24, 2.45) is 0 Å². The lowest BCUT2D eigenvalue weighted by molar-refractivity contribution is 0.102. The maximum Gasteiger partial charge on any atom is 0.262 e. The number of carbonyl (C=O) groups excluding carboxylic acids is 1. The van der Waals surface area contributed by atoms with E-state index in [-0.39, 0.29) is 5.56 Å². The predicted molar refractivity (Wildman–Crippen MR) is 119 cm³/mol. The van der Waals surface area contributed by atoms with Gasteiger partial charge in [-0.25, -0.2) is 4.98 Å². The van der Waals surface area contributed by atoms with Crippen molar-refractivity contribution in [2.45, 2.75) is 0 Å². The minimum absolute atomic E-state index is 0.0116. The van der Waals surface area contributed by atoms with E-state index >= 15 is 0 Å². The Labute approximate surface area is 177 Å². The molecule has 0 aliphatic heterocycles. The van der Waals surface area contributed by atoms with Crippen LogP contribution in [0.15, 0.2) is 96.1 Å². The third kappa shape index (κ3) is 3.49. The van der Waals surface area contributed by atoms with E-state index in [1.165, 1.54) is 6.07 Å². The van der Waals surface area contributed by atoms with Crippen molar-refractivity contribution < 1.29 is 4.79 Å². The van der Waals surface area contributed by atoms with Crippen LogP contribution in [0.3, 0.4) is 0 Å². The number of anilines is 1. The molecule has 0 unspecified atom stereocenters. The van der Waals surface area contributed by atoms with Crippen LogP contribution < -0.4 is 10.9 Å². The number of carbonyl (C=O) groups is 1. The number of amides is 1. The number of H-pyrrole nitrogens is 1. The van der Waals surface area contributed by atoms with Gasteiger partial charge in [0.15, 0.2) is 0 Å². The van der Waals surface area contributed by atoms with E-state index in [1.54, 1.807) is 22.9 Å². The van der Waals surface area contributed by atoms with Gasteiger partial charge in [-0.15, -0.1) is 0 Å². The first-order chi connectivity index (χ1) is 15.2. The van der Waals surface area contributed by atoms with Crippen LogP contribution in [0.1, 0.15) is 10.4 Å². The van der Waals surface area contributed by atoms with E-state index < -0.39 is 11.5 Å². The molecule has 31 heavy (non-hydrogen) atoms. The molecule has 150 valence electrons. The van der Waals surface area contributed by atoms with Gasteiger partial charge in [0.05, 0.1) is 5.69 Å². The summed E-state index contributed by atoms with van der Waals surface area (Å²) >= 11 is 0. The van der Waals surface area contributed by atoms with Gasteiger partial charge in [0.25, 0.3) is 11.5 Å². The SMILES string of the molecule is O=C(Nc1c(-c2ccccn2)nc2ccccn12)c1ccc(-c2ccccc2)[nH]c1=O. The Bertz CT molecular complexity index is 1440. The highest BCUT2D eigenvalue weighted by Gasteiger charge is 2.19. The molecule has 0 saturated carbocycles. The standard InChI is InChI=1S/C24H17N5O2/c30-23-17(12-13-18(26-23)16-8-2-1-3-9-16)24(31)28-22-21(19-10-4-6-14-25-19)27-20-11-5-7-15-29(20)22/h1-15H,(H,26,30)(H,28,31). The predicted octanol–water partition coefficient (Wildman–Crippen LogP) is 4.00. The number of nitrogens with zero attached hydrogens (tertiary/aromatic N) is 3. The number of pyridine rings is 3. The average molecular weight is 407 g/mol. The summed E-state index contributed by atoms with van der Waals surface area (Å²) in [4.78, 5) is 37.4. The second kappa shape index (κ2) is 7.72. The first-order valence-electron chi connectivity index (χ1n) is 9.69. The molecule has 0 aliphatic carbocycles. The third-order valence-electron chi connectivity index (χ3n) is 4.91. The minimum atomic E-state index is -0.524. The molecule has 0 saturated heterocycles. The maximum absolute atomic E-state index is 13.0. The summed E-state index contributed by atoms with van der Waals surface area (Å²) in [6.45, 7) is 0. The van der Waals surface area contributed by atoms with E-state index in [9.17, 15) is 9.59 Å². The number of benzene rings is 1. The number of fused-ring (bicyclic) bond motifs is 1. The quantitative estimate of drug-likeness (QED) is 0.471. The summed E-state index contributed by atoms with van der Waals surface area (Å²) in [5.74, 6) is -0.0745. The molecule has 1 aromatic carbocycles. The van der Waals surface area contributed by atoms with Crippen LogP contribution in [0.4, 0.5) is 5.82 Å². The number of imidazole rings is 1. The molecule has 0 fully saturated rings. The van der Waals surface area contributed by atoms with Gasteiger partial charge in [-0.2, -0.15) is 0 Å². The zero-order valence-corrected chi connectivity index (χ0v) is 16.3. The van der Waals surface area contributed by atoms with Crippen LogP contribution in [0.25, 0.3) is 28.3 Å². The topological polar surface area (TPSA) is 92.2 Å². The molecule has 4 heterocycles. The number of rotatable bonds is 4. The molecular weight excluding hydrogens is 390 g/mol. The van der Waals surface area contributed by atoms with Crippen molar-refractivity contribution >= 4 is 17.4 Å². The molecule has 4 aromatic heterocycles. The molecule has 0 radical (unpaired) electrons. The van der Waals surface area contributed by atoms with E-state index in [0.717, 1.165) is 5.56 Å². The number of aromatic amines is 1. The highest BCUT2D eigenvalue weighted by molar-refractivity contribution is 6.05. The van der Waals surface area contributed by atoms with Gasteiger partial charge in [-0.1, -0.05) is 42.5 Å². The molecule has 7 heteroatoms. The van der Waals surface area contributed by atoms with Gasteiger partial charge < -0.3 is 10.3 Å². The number of hydrogen-bond donors (Lipinski definition) is 2. The molecule has 5 aromatic rings. The summed E-state index contributed by atoms with van der Waals surface area (Å²) in [7, 11) is 0. The van der Waals surface area contributed by atoms with Crippen LogP contribution in [0, 0.1) is 0 Å². The van der Waals surface area contributed by atoms with Gasteiger partial charge in [-0.3, -0.25) is 19.0 Å². The van der Waals surface area contributed by atoms with Crippen LogP contribution in [-0.2, 0) is 0 Å². The van der Waals surface area contributed by atoms with E-state index in [2.05, 4.69) is 20.3 Å². The molecule has 0 aliphatic rings. The van der Waals surface area contributed by atoms with Gasteiger partial charge in [-0.05, 0) is 42.0 Å². The summed E-state index contributed by atoms with van der Waals surface area (Å²) in [6.07, 6.45) is 3.46. The lowest BCUT2D eigenvalue weighted by atomic mass is 10.1. The van der Waals surface area contributed by atoms with Crippen LogP contribution >= 0.6 is 0 Å². The smallest absolute Gasteiger partial charge is 0.262 e. The van der Waals surface area contributed by atoms with Crippen LogP contribution in [0.2, 0.25) is 0 Å². The number of nitrogens with one attached hydrogen (secondary N) is 2. The zero-order valence-electron chi connectivity index (χ0n) is 16.3. The van der Waals surface area contributed by atoms with Crippen molar-refractivity contribution in [1.82, 2.24) is 19.4 Å². The van der Waals surface area contributed by atoms with Crippen molar-refractivity contribution in [3.63, 3.8) is 0 Å². The monoisotopic (exact) mass is 407 g/mol. The highest BCUT2D eigenvalue weighted by atomic mass is 16.2. The largest absolute Gasteiger partial charge is 0.321 e.